The second-order valence-corrected chi connectivity index (χ2v) is 14.4. The van der Waals surface area contributed by atoms with Crippen molar-refractivity contribution in [2.45, 2.75) is 80.6 Å². The molecule has 0 spiro atoms. The molecule has 12 nitrogen and oxygen atoms in total. The van der Waals surface area contributed by atoms with Crippen LogP contribution in [0.4, 0.5) is 4.39 Å². The summed E-state index contributed by atoms with van der Waals surface area (Å²) in [5.74, 6) is 1.53. The smallest absolute Gasteiger partial charge is 0.227 e. The molecule has 58 heavy (non-hydrogen) atoms. The van der Waals surface area contributed by atoms with Crippen LogP contribution >= 0.6 is 0 Å². The Morgan fingerprint density at radius 3 is 1.52 bits per heavy atom. The zero-order valence-corrected chi connectivity index (χ0v) is 34.8. The van der Waals surface area contributed by atoms with Crippen LogP contribution in [-0.2, 0) is 28.9 Å². The second-order valence-electron chi connectivity index (χ2n) is 14.4. The van der Waals surface area contributed by atoms with E-state index >= 15 is 0 Å². The van der Waals surface area contributed by atoms with Gasteiger partial charge in [-0.1, -0.05) is 0 Å². The maximum atomic E-state index is 13.5. The maximum absolute atomic E-state index is 13.5. The zero-order valence-electron chi connectivity index (χ0n) is 34.8. The lowest BCUT2D eigenvalue weighted by atomic mass is 10.0. The SMILES string of the molecule is CCN(CC)C(=O)Cc1c(-c2ccc(OCCCCOc3ccc(-c4nn5c(CC[18F])cc(C)nc5c4CC(=O)N(CC)CC)cc3)cc2)nn2c(C)cc(C)nc12. The number of carbonyl (C=O) groups excluding carboxylic acids is 2. The molecule has 2 amide bonds. The molecule has 0 fully saturated rings. The van der Waals surface area contributed by atoms with Crippen molar-refractivity contribution < 1.29 is 23.5 Å². The zero-order chi connectivity index (χ0) is 41.3. The van der Waals surface area contributed by atoms with Gasteiger partial charge < -0.3 is 19.3 Å². The third-order valence-corrected chi connectivity index (χ3v) is 10.4. The van der Waals surface area contributed by atoms with Crippen molar-refractivity contribution in [1.82, 2.24) is 39.0 Å². The third kappa shape index (κ3) is 9.30. The summed E-state index contributed by atoms with van der Waals surface area (Å²) in [6.07, 6.45) is 2.18. The number of rotatable bonds is 19. The summed E-state index contributed by atoms with van der Waals surface area (Å²) < 4.78 is 29.1. The molecule has 0 N–H and O–H groups in total. The number of halogens is 1. The molecule has 13 heteroatoms. The molecule has 0 aliphatic carbocycles. The van der Waals surface area contributed by atoms with Crippen molar-refractivity contribution in [2.24, 2.45) is 0 Å². The van der Waals surface area contributed by atoms with Crippen molar-refractivity contribution in [3.63, 3.8) is 0 Å². The molecule has 2 aromatic carbocycles. The average molecular weight is 790 g/mol. The largest absolute Gasteiger partial charge is 0.494 e. The summed E-state index contributed by atoms with van der Waals surface area (Å²) in [7, 11) is 0. The predicted octanol–water partition coefficient (Wildman–Crippen LogP) is 7.60. The second kappa shape index (κ2) is 19.1. The van der Waals surface area contributed by atoms with Crippen molar-refractivity contribution >= 4 is 23.1 Å². The number of unbranched alkanes of at least 4 members (excludes halogenated alkanes) is 1. The number of hydrogen-bond acceptors (Lipinski definition) is 8. The Morgan fingerprint density at radius 1 is 0.638 bits per heavy atom. The summed E-state index contributed by atoms with van der Waals surface area (Å²) in [6, 6.07) is 19.4. The standard InChI is InChI=1S/C45H55FN8O4/c1-8-51(9-2)40(55)28-38-42(49-53-32(7)26-30(5)47-44(38)53)33-14-18-36(19-15-33)57-24-12-13-25-58-37-20-16-34(17-21-37)43-39(29-41(56)52(10-3)11-4)45-48-31(6)27-35(22-23-46)54(45)50-43/h14-21,26-27H,8-13,22-25,28-29H2,1-7H3/i46-1. The van der Waals surface area contributed by atoms with Gasteiger partial charge in [-0.05, 0) is 122 Å². The Morgan fingerprint density at radius 2 is 1.07 bits per heavy atom. The summed E-state index contributed by atoms with van der Waals surface area (Å²) in [5, 5.41) is 9.76. The maximum Gasteiger partial charge on any atom is 0.227 e. The quantitative estimate of drug-likeness (QED) is 0.0771. The lowest BCUT2D eigenvalue weighted by Crippen LogP contribution is -2.31. The highest BCUT2D eigenvalue weighted by atomic mass is 18.2. The van der Waals surface area contributed by atoms with E-state index in [9.17, 15) is 14.0 Å². The molecule has 0 saturated carbocycles. The third-order valence-electron chi connectivity index (χ3n) is 10.4. The molecular weight excluding hydrogens is 735 g/mol. The number of fused-ring (bicyclic) bond motifs is 2. The first-order chi connectivity index (χ1) is 28.1. The van der Waals surface area contributed by atoms with Crippen LogP contribution in [0.1, 0.15) is 74.4 Å². The first kappa shape index (κ1) is 41.8. The molecule has 0 atom stereocenters. The Kier molecular flexibility index (Phi) is 13.7. The Hall–Kier alpha value is -5.85. The monoisotopic (exact) mass is 789 g/mol. The van der Waals surface area contributed by atoms with Crippen molar-refractivity contribution in [3.8, 4) is 34.0 Å². The van der Waals surface area contributed by atoms with Crippen LogP contribution in [0.3, 0.4) is 0 Å². The first-order valence-corrected chi connectivity index (χ1v) is 20.4. The highest BCUT2D eigenvalue weighted by Gasteiger charge is 2.24. The molecule has 0 radical (unpaired) electrons. The molecule has 0 unspecified atom stereocenters. The van der Waals surface area contributed by atoms with Crippen LogP contribution < -0.4 is 9.47 Å². The van der Waals surface area contributed by atoms with Crippen molar-refractivity contribution in [2.75, 3.05) is 46.1 Å². The van der Waals surface area contributed by atoms with Gasteiger partial charge >= 0.3 is 0 Å². The van der Waals surface area contributed by atoms with Gasteiger partial charge in [-0.3, -0.25) is 14.0 Å². The highest BCUT2D eigenvalue weighted by Crippen LogP contribution is 2.31. The number of ether oxygens (including phenoxy) is 2. The molecule has 0 saturated heterocycles. The normalized spacial score (nSPS) is 11.4. The van der Waals surface area contributed by atoms with E-state index in [0.29, 0.717) is 62.1 Å². The van der Waals surface area contributed by atoms with E-state index < -0.39 is 6.67 Å². The van der Waals surface area contributed by atoms with Crippen molar-refractivity contribution in [3.05, 3.63) is 94.6 Å². The first-order valence-electron chi connectivity index (χ1n) is 20.4. The number of carbonyl (C=O) groups is 2. The van der Waals surface area contributed by atoms with Crippen LogP contribution in [0.25, 0.3) is 33.8 Å². The lowest BCUT2D eigenvalue weighted by molar-refractivity contribution is -0.130. The number of nitrogens with zero attached hydrogens (tertiary/aromatic N) is 8. The summed E-state index contributed by atoms with van der Waals surface area (Å²) in [5.41, 5.74) is 9.29. The van der Waals surface area contributed by atoms with Gasteiger partial charge in [0.2, 0.25) is 11.8 Å². The van der Waals surface area contributed by atoms with Gasteiger partial charge in [-0.2, -0.15) is 10.2 Å². The summed E-state index contributed by atoms with van der Waals surface area (Å²) in [4.78, 5) is 39.6. The minimum absolute atomic E-state index is 0.00209. The molecule has 0 aliphatic rings. The highest BCUT2D eigenvalue weighted by molar-refractivity contribution is 5.86. The van der Waals surface area contributed by atoms with Crippen LogP contribution in [0.2, 0.25) is 0 Å². The molecule has 306 valence electrons. The van der Waals surface area contributed by atoms with Gasteiger partial charge in [0.05, 0.1) is 44.1 Å². The van der Waals surface area contributed by atoms with Gasteiger partial charge in [0.1, 0.15) is 11.5 Å². The van der Waals surface area contributed by atoms with Crippen LogP contribution in [0.15, 0.2) is 60.7 Å². The average Bonchev–Trinajstić information content (AvgIpc) is 3.76. The topological polar surface area (TPSA) is 119 Å². The minimum Gasteiger partial charge on any atom is -0.494 e. The Balaban J connectivity index is 1.06. The molecule has 4 heterocycles. The molecule has 0 aliphatic heterocycles. The van der Waals surface area contributed by atoms with E-state index in [1.54, 1.807) is 9.42 Å². The van der Waals surface area contributed by atoms with Gasteiger partial charge in [0.15, 0.2) is 11.3 Å². The molecular formula is C45H55FN8O4. The van der Waals surface area contributed by atoms with Crippen LogP contribution in [0, 0.1) is 20.8 Å². The van der Waals surface area contributed by atoms with E-state index in [4.69, 9.17) is 29.6 Å². The van der Waals surface area contributed by atoms with Gasteiger partial charge in [-0.15, -0.1) is 0 Å². The molecule has 6 aromatic rings. The number of aromatic nitrogens is 6. The fraction of sp³-hybridized carbons (Fsp3) is 0.422. The van der Waals surface area contributed by atoms with Crippen LogP contribution in [0.5, 0.6) is 11.5 Å². The van der Waals surface area contributed by atoms with E-state index in [1.165, 1.54) is 0 Å². The molecule has 0 bridgehead atoms. The predicted molar refractivity (Wildman–Crippen MR) is 224 cm³/mol. The molecule has 4 aromatic heterocycles. The summed E-state index contributed by atoms with van der Waals surface area (Å²) >= 11 is 0. The van der Waals surface area contributed by atoms with Crippen molar-refractivity contribution in [1.29, 1.82) is 0 Å². The Labute approximate surface area is 340 Å². The fourth-order valence-corrected chi connectivity index (χ4v) is 7.37. The summed E-state index contributed by atoms with van der Waals surface area (Å²) in [6.45, 7) is 16.8. The lowest BCUT2D eigenvalue weighted by Gasteiger charge is -2.18. The molecule has 6 rings (SSSR count). The van der Waals surface area contributed by atoms with E-state index in [1.807, 2.05) is 119 Å². The minimum atomic E-state index is -0.515. The van der Waals surface area contributed by atoms with Gasteiger partial charge in [0, 0.05) is 77.6 Å². The van der Waals surface area contributed by atoms with Crippen LogP contribution in [-0.4, -0.2) is 96.9 Å². The van der Waals surface area contributed by atoms with E-state index in [0.717, 1.165) is 69.4 Å². The number of amides is 2. The Bertz CT molecular complexity index is 2350. The van der Waals surface area contributed by atoms with E-state index in [2.05, 4.69) is 0 Å². The number of aryl methyl sites for hydroxylation is 4. The van der Waals surface area contributed by atoms with Gasteiger partial charge in [-0.25, -0.2) is 19.0 Å². The number of hydrogen-bond donors (Lipinski definition) is 0. The number of likely N-dealkylation sites (N-methyl/N-ethyl adjacent to an activating group) is 2. The van der Waals surface area contributed by atoms with Gasteiger partial charge in [0.25, 0.3) is 0 Å². The van der Waals surface area contributed by atoms with E-state index in [-0.39, 0.29) is 31.1 Å². The number of benzene rings is 2. The fourth-order valence-electron chi connectivity index (χ4n) is 7.37. The number of alkyl halides is 1.